The molecule has 0 nitrogen and oxygen atoms in total. The molecule has 0 aliphatic heterocycles. The molecule has 27 heavy (non-hydrogen) atoms. The Labute approximate surface area is 172 Å². The molecule has 0 fully saturated rings. The fraction of sp³-hybridized carbons (Fsp3) is 0.538. The first-order valence-corrected chi connectivity index (χ1v) is 11.1. The smallest absolute Gasteiger partial charge is 0.0977 e. The quantitative estimate of drug-likeness (QED) is 0.284. The number of alkyl halides is 1. The van der Waals surface area contributed by atoms with Gasteiger partial charge in [0.05, 0.1) is 4.87 Å². The van der Waals surface area contributed by atoms with Gasteiger partial charge < -0.3 is 0 Å². The van der Waals surface area contributed by atoms with Gasteiger partial charge in [0, 0.05) is 0 Å². The van der Waals surface area contributed by atoms with E-state index >= 15 is 0 Å². The van der Waals surface area contributed by atoms with Gasteiger partial charge in [-0.1, -0.05) is 127 Å². The van der Waals surface area contributed by atoms with Crippen LogP contribution in [0.1, 0.15) is 83.8 Å². The Balaban J connectivity index is 2.31. The van der Waals surface area contributed by atoms with Crippen LogP contribution in [0, 0.1) is 11.3 Å². The zero-order valence-electron chi connectivity index (χ0n) is 17.7. The van der Waals surface area contributed by atoms with Crippen LogP contribution >= 0.6 is 11.6 Å². The molecule has 0 bridgehead atoms. The van der Waals surface area contributed by atoms with Gasteiger partial charge in [-0.05, 0) is 28.9 Å². The van der Waals surface area contributed by atoms with E-state index in [0.29, 0.717) is 5.92 Å². The first kappa shape index (κ1) is 22.0. The third kappa shape index (κ3) is 5.85. The molecule has 0 N–H and O–H groups in total. The zero-order valence-corrected chi connectivity index (χ0v) is 18.4. The van der Waals surface area contributed by atoms with Crippen LogP contribution in [0.25, 0.3) is 0 Å². The van der Waals surface area contributed by atoms with Crippen LogP contribution in [0.5, 0.6) is 0 Å². The van der Waals surface area contributed by atoms with Crippen molar-refractivity contribution in [2.45, 2.75) is 77.5 Å². The number of hydrogen-bond acceptors (Lipinski definition) is 0. The van der Waals surface area contributed by atoms with Crippen LogP contribution in [0.2, 0.25) is 0 Å². The Hall–Kier alpha value is -1.27. The van der Waals surface area contributed by atoms with E-state index in [2.05, 4.69) is 88.4 Å². The standard InChI is InChI=1S/C26H37Cl/c1-5-6-7-8-9-16-21-24(25(2,3)4)26(27,22-17-12-10-13-18-22)23-19-14-11-15-20-23/h10-15,17-20,24H,5-9,16,21H2,1-4H3. The molecule has 2 rings (SSSR count). The number of rotatable bonds is 10. The average molecular weight is 385 g/mol. The summed E-state index contributed by atoms with van der Waals surface area (Å²) in [7, 11) is 0. The molecular formula is C26H37Cl. The van der Waals surface area contributed by atoms with E-state index in [1.165, 1.54) is 49.7 Å². The highest BCUT2D eigenvalue weighted by molar-refractivity contribution is 6.26. The third-order valence-corrected chi connectivity index (χ3v) is 6.46. The van der Waals surface area contributed by atoms with Crippen molar-refractivity contribution < 1.29 is 0 Å². The minimum Gasteiger partial charge on any atom is -0.109 e. The molecule has 0 aliphatic rings. The minimum atomic E-state index is -0.496. The van der Waals surface area contributed by atoms with Crippen molar-refractivity contribution in [1.82, 2.24) is 0 Å². The van der Waals surface area contributed by atoms with E-state index in [9.17, 15) is 0 Å². The van der Waals surface area contributed by atoms with Crippen molar-refractivity contribution in [2.24, 2.45) is 11.3 Å². The predicted octanol–water partition coefficient (Wildman–Crippen LogP) is 8.58. The molecule has 0 saturated carbocycles. The second-order valence-corrected chi connectivity index (χ2v) is 9.52. The summed E-state index contributed by atoms with van der Waals surface area (Å²) in [5, 5.41) is 0. The summed E-state index contributed by atoms with van der Waals surface area (Å²) in [4.78, 5) is -0.496. The zero-order chi connectivity index (χ0) is 19.8. The molecule has 0 radical (unpaired) electrons. The lowest BCUT2D eigenvalue weighted by atomic mass is 9.65. The summed E-state index contributed by atoms with van der Waals surface area (Å²) < 4.78 is 0. The van der Waals surface area contributed by atoms with Crippen LogP contribution < -0.4 is 0 Å². The Morgan fingerprint density at radius 2 is 1.15 bits per heavy atom. The van der Waals surface area contributed by atoms with Gasteiger partial charge in [0.2, 0.25) is 0 Å². The topological polar surface area (TPSA) is 0 Å². The summed E-state index contributed by atoms with van der Waals surface area (Å²) in [6, 6.07) is 21.4. The molecule has 1 atom stereocenters. The van der Waals surface area contributed by atoms with E-state index in [0.717, 1.165) is 6.42 Å². The summed E-state index contributed by atoms with van der Waals surface area (Å²) in [5.74, 6) is 0.364. The fourth-order valence-corrected chi connectivity index (χ4v) is 4.98. The van der Waals surface area contributed by atoms with Gasteiger partial charge in [-0.3, -0.25) is 0 Å². The van der Waals surface area contributed by atoms with E-state index in [4.69, 9.17) is 11.6 Å². The Morgan fingerprint density at radius 3 is 1.59 bits per heavy atom. The van der Waals surface area contributed by atoms with Crippen molar-refractivity contribution in [2.75, 3.05) is 0 Å². The Morgan fingerprint density at radius 1 is 0.704 bits per heavy atom. The van der Waals surface area contributed by atoms with Crippen LogP contribution in [0.15, 0.2) is 60.7 Å². The average Bonchev–Trinajstić information content (AvgIpc) is 2.67. The van der Waals surface area contributed by atoms with Crippen molar-refractivity contribution in [3.8, 4) is 0 Å². The summed E-state index contributed by atoms with van der Waals surface area (Å²) >= 11 is 7.60. The lowest BCUT2D eigenvalue weighted by Crippen LogP contribution is -2.39. The van der Waals surface area contributed by atoms with Crippen molar-refractivity contribution in [3.63, 3.8) is 0 Å². The van der Waals surface area contributed by atoms with Crippen LogP contribution in [0.3, 0.4) is 0 Å². The molecule has 1 heteroatoms. The van der Waals surface area contributed by atoms with Crippen molar-refractivity contribution in [1.29, 1.82) is 0 Å². The fourth-order valence-electron chi connectivity index (χ4n) is 4.29. The number of unbranched alkanes of at least 4 members (excludes halogenated alkanes) is 5. The van der Waals surface area contributed by atoms with E-state index in [1.54, 1.807) is 0 Å². The molecule has 0 amide bonds. The van der Waals surface area contributed by atoms with Gasteiger partial charge in [-0.15, -0.1) is 11.6 Å². The molecule has 0 heterocycles. The Kier molecular flexibility index (Phi) is 8.42. The van der Waals surface area contributed by atoms with Gasteiger partial charge in [-0.2, -0.15) is 0 Å². The summed E-state index contributed by atoms with van der Waals surface area (Å²) in [6.45, 7) is 9.31. The maximum Gasteiger partial charge on any atom is 0.0977 e. The van der Waals surface area contributed by atoms with E-state index in [-0.39, 0.29) is 5.41 Å². The number of hydrogen-bond donors (Lipinski definition) is 0. The summed E-state index contributed by atoms with van der Waals surface area (Å²) in [5.41, 5.74) is 2.55. The molecule has 0 spiro atoms. The predicted molar refractivity (Wildman–Crippen MR) is 120 cm³/mol. The molecule has 0 saturated heterocycles. The van der Waals surface area contributed by atoms with E-state index in [1.807, 2.05) is 0 Å². The second-order valence-electron chi connectivity index (χ2n) is 8.92. The maximum atomic E-state index is 7.60. The monoisotopic (exact) mass is 384 g/mol. The van der Waals surface area contributed by atoms with Crippen LogP contribution in [-0.4, -0.2) is 0 Å². The first-order chi connectivity index (χ1) is 12.9. The van der Waals surface area contributed by atoms with Gasteiger partial charge in [0.1, 0.15) is 0 Å². The van der Waals surface area contributed by atoms with Gasteiger partial charge in [0.25, 0.3) is 0 Å². The lowest BCUT2D eigenvalue weighted by Gasteiger charge is -2.44. The molecule has 1 unspecified atom stereocenters. The molecule has 2 aromatic rings. The van der Waals surface area contributed by atoms with E-state index < -0.39 is 4.87 Å². The molecule has 148 valence electrons. The highest BCUT2D eigenvalue weighted by atomic mass is 35.5. The normalized spacial score (nSPS) is 13.5. The number of benzene rings is 2. The highest BCUT2D eigenvalue weighted by Gasteiger charge is 2.45. The second kappa shape index (κ2) is 10.3. The van der Waals surface area contributed by atoms with Gasteiger partial charge >= 0.3 is 0 Å². The third-order valence-electron chi connectivity index (χ3n) is 5.76. The minimum absolute atomic E-state index is 0.122. The Bertz CT molecular complexity index is 599. The highest BCUT2D eigenvalue weighted by Crippen LogP contribution is 2.52. The van der Waals surface area contributed by atoms with Crippen molar-refractivity contribution in [3.05, 3.63) is 71.8 Å². The largest absolute Gasteiger partial charge is 0.109 e. The first-order valence-electron chi connectivity index (χ1n) is 10.7. The molecule has 0 aliphatic carbocycles. The van der Waals surface area contributed by atoms with Gasteiger partial charge in [-0.25, -0.2) is 0 Å². The SMILES string of the molecule is CCCCCCCCC(C(C)(C)C)C(Cl)(c1ccccc1)c1ccccc1. The maximum absolute atomic E-state index is 7.60. The van der Waals surface area contributed by atoms with Crippen LogP contribution in [0.4, 0.5) is 0 Å². The van der Waals surface area contributed by atoms with Gasteiger partial charge in [0.15, 0.2) is 0 Å². The molecule has 2 aromatic carbocycles. The number of halogens is 1. The van der Waals surface area contributed by atoms with Crippen LogP contribution in [-0.2, 0) is 4.87 Å². The van der Waals surface area contributed by atoms with Crippen molar-refractivity contribution >= 4 is 11.6 Å². The summed E-state index contributed by atoms with van der Waals surface area (Å²) in [6.07, 6.45) is 9.08. The molecule has 0 aromatic heterocycles. The molecular weight excluding hydrogens is 348 g/mol. The lowest BCUT2D eigenvalue weighted by molar-refractivity contribution is 0.178.